The van der Waals surface area contributed by atoms with Gasteiger partial charge in [0.2, 0.25) is 0 Å². The van der Waals surface area contributed by atoms with Crippen LogP contribution >= 0.6 is 0 Å². The summed E-state index contributed by atoms with van der Waals surface area (Å²) in [7, 11) is 3.23. The van der Waals surface area contributed by atoms with Gasteiger partial charge in [-0.2, -0.15) is 0 Å². The second-order valence-corrected chi connectivity index (χ2v) is 10.7. The molecule has 3 heteroatoms. The minimum Gasteiger partial charge on any atom is -0.496 e. The predicted molar refractivity (Wildman–Crippen MR) is 137 cm³/mol. The first-order valence-electron chi connectivity index (χ1n) is 12.8. The number of aryl methyl sites for hydroxylation is 1. The highest BCUT2D eigenvalue weighted by molar-refractivity contribution is 5.87. The van der Waals surface area contributed by atoms with Crippen LogP contribution in [0.25, 0.3) is 5.57 Å². The fraction of sp³-hybridized carbons (Fsp3) is 0.452. The van der Waals surface area contributed by atoms with E-state index >= 15 is 0 Å². The van der Waals surface area contributed by atoms with Crippen molar-refractivity contribution in [1.29, 1.82) is 0 Å². The number of methoxy groups -OCH3 is 2. The average Bonchev–Trinajstić information content (AvgIpc) is 2.85. The summed E-state index contributed by atoms with van der Waals surface area (Å²) in [5.41, 5.74) is 5.30. The number of benzene rings is 2. The zero-order valence-corrected chi connectivity index (χ0v) is 20.5. The summed E-state index contributed by atoms with van der Waals surface area (Å²) in [5, 5.41) is 0. The lowest BCUT2D eigenvalue weighted by Gasteiger charge is -2.57. The Morgan fingerprint density at radius 3 is 2.24 bits per heavy atom. The summed E-state index contributed by atoms with van der Waals surface area (Å²) in [4.78, 5) is 11.7. The Labute approximate surface area is 203 Å². The topological polar surface area (TPSA) is 35.5 Å². The van der Waals surface area contributed by atoms with Gasteiger partial charge in [0.1, 0.15) is 5.75 Å². The highest BCUT2D eigenvalue weighted by Crippen LogP contribution is 2.61. The number of hydrogen-bond donors (Lipinski definition) is 0. The van der Waals surface area contributed by atoms with Crippen LogP contribution in [-0.2, 0) is 21.4 Å². The summed E-state index contributed by atoms with van der Waals surface area (Å²) >= 11 is 0. The first-order chi connectivity index (χ1) is 16.6. The molecule has 0 aromatic heterocycles. The predicted octanol–water partition coefficient (Wildman–Crippen LogP) is 6.91. The Morgan fingerprint density at radius 1 is 0.941 bits per heavy atom. The second kappa shape index (κ2) is 9.82. The van der Waals surface area contributed by atoms with Crippen molar-refractivity contribution in [2.75, 3.05) is 14.2 Å². The molecular weight excluding hydrogens is 420 g/mol. The van der Waals surface area contributed by atoms with Crippen molar-refractivity contribution in [3.8, 4) is 5.75 Å². The highest BCUT2D eigenvalue weighted by atomic mass is 16.5. The first-order valence-corrected chi connectivity index (χ1v) is 12.8. The van der Waals surface area contributed by atoms with Crippen molar-refractivity contribution in [2.24, 2.45) is 17.8 Å². The molecule has 0 unspecified atom stereocenters. The number of allylic oxidation sites excluding steroid dienone is 3. The van der Waals surface area contributed by atoms with Gasteiger partial charge in [0.05, 0.1) is 14.2 Å². The summed E-state index contributed by atoms with van der Waals surface area (Å²) < 4.78 is 10.7. The van der Waals surface area contributed by atoms with Gasteiger partial charge in [0, 0.05) is 11.6 Å². The Kier molecular flexibility index (Phi) is 6.63. The fourth-order valence-electron chi connectivity index (χ4n) is 7.30. The molecule has 0 saturated heterocycles. The number of carbonyl (C=O) groups is 1. The largest absolute Gasteiger partial charge is 0.496 e. The molecule has 0 heterocycles. The van der Waals surface area contributed by atoms with Gasteiger partial charge < -0.3 is 9.47 Å². The number of hydrogen-bond acceptors (Lipinski definition) is 3. The number of ether oxygens (including phenoxy) is 2. The van der Waals surface area contributed by atoms with E-state index in [0.717, 1.165) is 47.5 Å². The van der Waals surface area contributed by atoms with Crippen LogP contribution < -0.4 is 4.74 Å². The zero-order valence-electron chi connectivity index (χ0n) is 20.5. The molecule has 6 rings (SSSR count). The van der Waals surface area contributed by atoms with Crippen molar-refractivity contribution in [3.05, 3.63) is 83.4 Å². The molecule has 4 aliphatic carbocycles. The third kappa shape index (κ3) is 4.71. The minimum absolute atomic E-state index is 0.324. The Morgan fingerprint density at radius 2 is 1.62 bits per heavy atom. The van der Waals surface area contributed by atoms with Crippen molar-refractivity contribution < 1.29 is 14.3 Å². The zero-order chi connectivity index (χ0) is 23.5. The van der Waals surface area contributed by atoms with E-state index in [9.17, 15) is 4.79 Å². The molecule has 4 fully saturated rings. The lowest BCUT2D eigenvalue weighted by atomic mass is 9.48. The maximum Gasteiger partial charge on any atom is 0.330 e. The van der Waals surface area contributed by atoms with E-state index in [-0.39, 0.29) is 5.97 Å². The quantitative estimate of drug-likeness (QED) is 0.246. The Hall–Kier alpha value is -2.81. The van der Waals surface area contributed by atoms with Gasteiger partial charge >= 0.3 is 5.97 Å². The van der Waals surface area contributed by atoms with Crippen LogP contribution in [0.5, 0.6) is 5.75 Å². The molecule has 3 nitrogen and oxygen atoms in total. The van der Waals surface area contributed by atoms with Gasteiger partial charge in [0.25, 0.3) is 0 Å². The van der Waals surface area contributed by atoms with Gasteiger partial charge in [-0.15, -0.1) is 0 Å². The van der Waals surface area contributed by atoms with E-state index in [1.807, 2.05) is 31.4 Å². The van der Waals surface area contributed by atoms with Gasteiger partial charge in [-0.3, -0.25) is 0 Å². The standard InChI is InChI=1S/C31H36O3/c1-33-29-13-11-22(18-28(29)31-19-23-15-24(20-31)17-25(16-23)21-31)7-6-10-27(12-14-30(32)34-2)26-8-4-3-5-9-26/h3-5,8-14,18,23-25H,6-7,15-17,19-21H2,1-2H3/b14-12-,27-10-. The average molecular weight is 457 g/mol. The number of esters is 1. The maximum atomic E-state index is 11.7. The first kappa shape index (κ1) is 23.0. The fourth-order valence-corrected chi connectivity index (χ4v) is 7.30. The molecule has 4 aliphatic rings. The normalized spacial score (nSPS) is 27.8. The van der Waals surface area contributed by atoms with E-state index in [2.05, 4.69) is 36.4 Å². The molecule has 0 spiro atoms. The van der Waals surface area contributed by atoms with E-state index in [1.165, 1.54) is 62.8 Å². The third-order valence-electron chi connectivity index (χ3n) is 8.38. The number of rotatable bonds is 8. The van der Waals surface area contributed by atoms with Crippen LogP contribution in [0.4, 0.5) is 0 Å². The monoisotopic (exact) mass is 456 g/mol. The molecule has 4 bridgehead atoms. The van der Waals surface area contributed by atoms with E-state index < -0.39 is 0 Å². The smallest absolute Gasteiger partial charge is 0.330 e. The lowest BCUT2D eigenvalue weighted by Crippen LogP contribution is -2.48. The van der Waals surface area contributed by atoms with Crippen LogP contribution in [0.2, 0.25) is 0 Å². The molecule has 0 radical (unpaired) electrons. The Balaban J connectivity index is 1.37. The molecule has 178 valence electrons. The van der Waals surface area contributed by atoms with Crippen molar-refractivity contribution in [1.82, 2.24) is 0 Å². The molecule has 2 aromatic rings. The summed E-state index contributed by atoms with van der Waals surface area (Å²) in [6.45, 7) is 0. The highest BCUT2D eigenvalue weighted by Gasteiger charge is 2.52. The molecule has 0 aliphatic heterocycles. The minimum atomic E-state index is -0.336. The van der Waals surface area contributed by atoms with E-state index in [1.54, 1.807) is 0 Å². The Bertz CT molecular complexity index is 1040. The van der Waals surface area contributed by atoms with Gasteiger partial charge in [-0.05, 0) is 103 Å². The van der Waals surface area contributed by atoms with Gasteiger partial charge in [-0.1, -0.05) is 48.5 Å². The molecule has 0 atom stereocenters. The maximum absolute atomic E-state index is 11.7. The van der Waals surface area contributed by atoms with Crippen molar-refractivity contribution >= 4 is 11.5 Å². The molecule has 2 aromatic carbocycles. The van der Waals surface area contributed by atoms with Crippen LogP contribution in [0, 0.1) is 17.8 Å². The molecule has 34 heavy (non-hydrogen) atoms. The van der Waals surface area contributed by atoms with Crippen LogP contribution in [0.15, 0.2) is 66.8 Å². The molecule has 4 saturated carbocycles. The third-order valence-corrected chi connectivity index (χ3v) is 8.38. The second-order valence-electron chi connectivity index (χ2n) is 10.7. The molecular formula is C31H36O3. The molecule has 0 N–H and O–H groups in total. The van der Waals surface area contributed by atoms with Gasteiger partial charge in [-0.25, -0.2) is 4.79 Å². The summed E-state index contributed by atoms with van der Waals surface area (Å²) in [6.07, 6.45) is 15.8. The van der Waals surface area contributed by atoms with E-state index in [0.29, 0.717) is 5.41 Å². The van der Waals surface area contributed by atoms with Crippen molar-refractivity contribution in [2.45, 2.75) is 56.8 Å². The van der Waals surface area contributed by atoms with Crippen LogP contribution in [0.3, 0.4) is 0 Å². The molecule has 0 amide bonds. The summed E-state index contributed by atoms with van der Waals surface area (Å²) in [6, 6.07) is 17.1. The SMILES string of the molecule is COC(=O)/C=C\C(=C\CCc1ccc(OC)c(C23CC4CC(CC(C4)C2)C3)c1)c1ccccc1. The summed E-state index contributed by atoms with van der Waals surface area (Å²) in [5.74, 6) is 3.48. The van der Waals surface area contributed by atoms with Gasteiger partial charge in [0.15, 0.2) is 0 Å². The van der Waals surface area contributed by atoms with E-state index in [4.69, 9.17) is 9.47 Å². The van der Waals surface area contributed by atoms with Crippen LogP contribution in [0.1, 0.15) is 61.6 Å². The lowest BCUT2D eigenvalue weighted by molar-refractivity contribution is -0.134. The van der Waals surface area contributed by atoms with Crippen LogP contribution in [-0.4, -0.2) is 20.2 Å². The van der Waals surface area contributed by atoms with Crippen molar-refractivity contribution in [3.63, 3.8) is 0 Å². The number of carbonyl (C=O) groups excluding carboxylic acids is 1.